The molecule has 2 heterocycles. The van der Waals surface area contributed by atoms with Crippen LogP contribution in [-0.4, -0.2) is 19.5 Å². The number of fused-ring (bicyclic) bond motifs is 1. The lowest BCUT2D eigenvalue weighted by molar-refractivity contribution is 0.157. The zero-order valence-corrected chi connectivity index (χ0v) is 13.4. The normalized spacial score (nSPS) is 18.0. The standard InChI is InChI=1S/C16H22ClN3O/c1-3-13-16(17)14(20(4-2)18-13)10-19-8-11-6-5-7-15(21)12(11)9-19/h8-9,15,21H,3-7,10H2,1-2H3. The summed E-state index contributed by atoms with van der Waals surface area (Å²) < 4.78 is 4.12. The van der Waals surface area contributed by atoms with Gasteiger partial charge in [-0.05, 0) is 38.2 Å². The average molecular weight is 308 g/mol. The summed E-state index contributed by atoms with van der Waals surface area (Å²) in [5.41, 5.74) is 4.36. The molecule has 1 aliphatic carbocycles. The quantitative estimate of drug-likeness (QED) is 0.941. The van der Waals surface area contributed by atoms with Gasteiger partial charge in [0.05, 0.1) is 29.1 Å². The van der Waals surface area contributed by atoms with Gasteiger partial charge in [0.2, 0.25) is 0 Å². The van der Waals surface area contributed by atoms with Gasteiger partial charge in [-0.2, -0.15) is 5.10 Å². The minimum absolute atomic E-state index is 0.312. The number of aliphatic hydroxyl groups is 1. The largest absolute Gasteiger partial charge is 0.388 e. The molecule has 0 bridgehead atoms. The third-order valence-electron chi connectivity index (χ3n) is 4.31. The second-order valence-corrected chi connectivity index (χ2v) is 6.07. The summed E-state index contributed by atoms with van der Waals surface area (Å²) in [6, 6.07) is 0. The van der Waals surface area contributed by atoms with Crippen molar-refractivity contribution in [2.45, 2.75) is 58.7 Å². The molecule has 2 aromatic rings. The second kappa shape index (κ2) is 5.85. The van der Waals surface area contributed by atoms with E-state index >= 15 is 0 Å². The number of hydrogen-bond donors (Lipinski definition) is 1. The Morgan fingerprint density at radius 1 is 1.38 bits per heavy atom. The van der Waals surface area contributed by atoms with Crippen molar-refractivity contribution < 1.29 is 5.11 Å². The minimum Gasteiger partial charge on any atom is -0.388 e. The number of rotatable bonds is 4. The fraction of sp³-hybridized carbons (Fsp3) is 0.562. The summed E-state index contributed by atoms with van der Waals surface area (Å²) >= 11 is 6.47. The van der Waals surface area contributed by atoms with Crippen molar-refractivity contribution >= 4 is 11.6 Å². The Balaban J connectivity index is 1.92. The molecule has 5 heteroatoms. The molecule has 21 heavy (non-hydrogen) atoms. The number of aromatic nitrogens is 3. The van der Waals surface area contributed by atoms with Crippen LogP contribution in [0.25, 0.3) is 0 Å². The number of halogens is 1. The third kappa shape index (κ3) is 2.62. The summed E-state index contributed by atoms with van der Waals surface area (Å²) in [6.45, 7) is 5.68. The molecule has 3 rings (SSSR count). The lowest BCUT2D eigenvalue weighted by Gasteiger charge is -2.16. The van der Waals surface area contributed by atoms with Gasteiger partial charge in [0.15, 0.2) is 0 Å². The van der Waals surface area contributed by atoms with E-state index in [1.54, 1.807) is 0 Å². The molecule has 0 radical (unpaired) electrons. The Bertz CT molecular complexity index is 644. The fourth-order valence-electron chi connectivity index (χ4n) is 3.16. The van der Waals surface area contributed by atoms with Gasteiger partial charge in [0.1, 0.15) is 0 Å². The van der Waals surface area contributed by atoms with E-state index < -0.39 is 0 Å². The summed E-state index contributed by atoms with van der Waals surface area (Å²) in [5, 5.41) is 15.4. The predicted molar refractivity (Wildman–Crippen MR) is 83.7 cm³/mol. The SMILES string of the molecule is CCc1nn(CC)c(Cn2cc3c(c2)C(O)CCC3)c1Cl. The molecule has 4 nitrogen and oxygen atoms in total. The fourth-order valence-corrected chi connectivity index (χ4v) is 3.49. The van der Waals surface area contributed by atoms with Crippen LogP contribution in [0.3, 0.4) is 0 Å². The smallest absolute Gasteiger partial charge is 0.0868 e. The highest BCUT2D eigenvalue weighted by atomic mass is 35.5. The van der Waals surface area contributed by atoms with Crippen molar-refractivity contribution in [3.05, 3.63) is 39.9 Å². The maximum absolute atomic E-state index is 10.1. The van der Waals surface area contributed by atoms with Crippen LogP contribution in [0.2, 0.25) is 5.02 Å². The first-order valence-electron chi connectivity index (χ1n) is 7.74. The maximum Gasteiger partial charge on any atom is 0.0868 e. The van der Waals surface area contributed by atoms with Crippen LogP contribution in [0.5, 0.6) is 0 Å². The molecule has 1 atom stereocenters. The van der Waals surface area contributed by atoms with Crippen molar-refractivity contribution in [2.75, 3.05) is 0 Å². The molecule has 1 unspecified atom stereocenters. The van der Waals surface area contributed by atoms with Crippen molar-refractivity contribution in [1.82, 2.24) is 14.3 Å². The highest BCUT2D eigenvalue weighted by Gasteiger charge is 2.21. The van der Waals surface area contributed by atoms with Gasteiger partial charge < -0.3 is 9.67 Å². The van der Waals surface area contributed by atoms with Gasteiger partial charge in [0, 0.05) is 24.5 Å². The molecular weight excluding hydrogens is 286 g/mol. The Morgan fingerprint density at radius 3 is 2.86 bits per heavy atom. The maximum atomic E-state index is 10.1. The lowest BCUT2D eigenvalue weighted by atomic mass is 9.93. The van der Waals surface area contributed by atoms with Crippen LogP contribution >= 0.6 is 11.6 Å². The van der Waals surface area contributed by atoms with Crippen LogP contribution < -0.4 is 0 Å². The molecule has 1 N–H and O–H groups in total. The van der Waals surface area contributed by atoms with Gasteiger partial charge in [-0.1, -0.05) is 18.5 Å². The monoisotopic (exact) mass is 307 g/mol. The molecule has 0 aliphatic heterocycles. The van der Waals surface area contributed by atoms with E-state index in [9.17, 15) is 5.11 Å². The van der Waals surface area contributed by atoms with Crippen LogP contribution in [0.4, 0.5) is 0 Å². The topological polar surface area (TPSA) is 43.0 Å². The van der Waals surface area contributed by atoms with E-state index in [0.29, 0.717) is 6.54 Å². The minimum atomic E-state index is -0.312. The summed E-state index contributed by atoms with van der Waals surface area (Å²) in [6.07, 6.45) is 7.73. The zero-order chi connectivity index (χ0) is 15.0. The van der Waals surface area contributed by atoms with Gasteiger partial charge in [-0.25, -0.2) is 0 Å². The van der Waals surface area contributed by atoms with E-state index in [-0.39, 0.29) is 6.10 Å². The van der Waals surface area contributed by atoms with E-state index in [1.807, 2.05) is 4.68 Å². The summed E-state index contributed by atoms with van der Waals surface area (Å²) in [5.74, 6) is 0. The van der Waals surface area contributed by atoms with E-state index in [1.165, 1.54) is 5.56 Å². The third-order valence-corrected chi connectivity index (χ3v) is 4.74. The van der Waals surface area contributed by atoms with Gasteiger partial charge in [0.25, 0.3) is 0 Å². The predicted octanol–water partition coefficient (Wildman–Crippen LogP) is 3.34. The molecule has 0 aromatic carbocycles. The molecular formula is C16H22ClN3O. The molecule has 0 saturated heterocycles. The number of hydrogen-bond acceptors (Lipinski definition) is 2. The molecule has 0 saturated carbocycles. The van der Waals surface area contributed by atoms with E-state index in [2.05, 4.69) is 35.9 Å². The number of aryl methyl sites for hydroxylation is 3. The van der Waals surface area contributed by atoms with Crippen molar-refractivity contribution in [3.63, 3.8) is 0 Å². The number of nitrogens with zero attached hydrogens (tertiary/aromatic N) is 3. The van der Waals surface area contributed by atoms with Gasteiger partial charge >= 0.3 is 0 Å². The first-order valence-corrected chi connectivity index (χ1v) is 8.12. The van der Waals surface area contributed by atoms with Crippen LogP contribution in [-0.2, 0) is 25.9 Å². The molecule has 2 aromatic heterocycles. The van der Waals surface area contributed by atoms with E-state index in [4.69, 9.17) is 11.6 Å². The molecule has 114 valence electrons. The zero-order valence-electron chi connectivity index (χ0n) is 12.6. The Labute approximate surface area is 130 Å². The second-order valence-electron chi connectivity index (χ2n) is 5.70. The Kier molecular flexibility index (Phi) is 4.09. The Morgan fingerprint density at radius 2 is 2.19 bits per heavy atom. The molecule has 0 amide bonds. The number of aliphatic hydroxyl groups excluding tert-OH is 1. The van der Waals surface area contributed by atoms with Crippen LogP contribution in [0, 0.1) is 0 Å². The molecule has 0 fully saturated rings. The van der Waals surface area contributed by atoms with Crippen molar-refractivity contribution in [2.24, 2.45) is 0 Å². The summed E-state index contributed by atoms with van der Waals surface area (Å²) in [7, 11) is 0. The first-order chi connectivity index (χ1) is 10.1. The summed E-state index contributed by atoms with van der Waals surface area (Å²) in [4.78, 5) is 0. The van der Waals surface area contributed by atoms with Crippen LogP contribution in [0.15, 0.2) is 12.4 Å². The van der Waals surface area contributed by atoms with Gasteiger partial charge in [-0.3, -0.25) is 4.68 Å². The highest BCUT2D eigenvalue weighted by molar-refractivity contribution is 6.31. The van der Waals surface area contributed by atoms with Crippen LogP contribution in [0.1, 0.15) is 55.3 Å². The van der Waals surface area contributed by atoms with Gasteiger partial charge in [-0.15, -0.1) is 0 Å². The van der Waals surface area contributed by atoms with E-state index in [0.717, 1.165) is 54.2 Å². The first kappa shape index (κ1) is 14.7. The van der Waals surface area contributed by atoms with Crippen molar-refractivity contribution in [1.29, 1.82) is 0 Å². The molecule has 1 aliphatic rings. The lowest BCUT2D eigenvalue weighted by Crippen LogP contribution is -2.07. The average Bonchev–Trinajstić information content (AvgIpc) is 3.02. The highest BCUT2D eigenvalue weighted by Crippen LogP contribution is 2.31. The van der Waals surface area contributed by atoms with Crippen molar-refractivity contribution in [3.8, 4) is 0 Å². The Hall–Kier alpha value is -1.26. The molecule has 0 spiro atoms.